The molecule has 0 aliphatic carbocycles. The van der Waals surface area contributed by atoms with Crippen molar-refractivity contribution in [3.63, 3.8) is 0 Å². The largest absolute Gasteiger partial charge is 0.215 e. The summed E-state index contributed by atoms with van der Waals surface area (Å²) in [4.78, 5) is 0. The van der Waals surface area contributed by atoms with Crippen molar-refractivity contribution in [1.29, 1.82) is 0 Å². The molecule has 0 amide bonds. The van der Waals surface area contributed by atoms with E-state index in [1.165, 1.54) is 0 Å². The van der Waals surface area contributed by atoms with Gasteiger partial charge in [-0.2, -0.15) is 0 Å². The Labute approximate surface area is 62.9 Å². The summed E-state index contributed by atoms with van der Waals surface area (Å²) in [5, 5.41) is 0. The Balaban J connectivity index is 3.49. The van der Waals surface area contributed by atoms with Gasteiger partial charge in [0.1, 0.15) is 0 Å². The molecule has 3 nitrogen and oxygen atoms in total. The number of rotatable bonds is 5. The molecule has 0 atom stereocenters. The highest BCUT2D eigenvalue weighted by atomic mass is 32.2. The SMILES string of the molecule is CC[CH]CNS(=O)(=O)CC. The molecule has 0 aliphatic rings. The minimum Gasteiger partial charge on any atom is -0.215 e. The van der Waals surface area contributed by atoms with Crippen LogP contribution in [0.25, 0.3) is 0 Å². The first-order chi connectivity index (χ1) is 4.62. The number of unbranched alkanes of at least 4 members (excludes halogenated alkanes) is 1. The van der Waals surface area contributed by atoms with Gasteiger partial charge in [0.2, 0.25) is 10.0 Å². The lowest BCUT2D eigenvalue weighted by Crippen LogP contribution is -2.26. The first-order valence-electron chi connectivity index (χ1n) is 3.41. The van der Waals surface area contributed by atoms with Crippen LogP contribution in [0, 0.1) is 6.42 Å². The zero-order chi connectivity index (χ0) is 8.04. The summed E-state index contributed by atoms with van der Waals surface area (Å²) in [6.45, 7) is 4.04. The maximum atomic E-state index is 10.7. The van der Waals surface area contributed by atoms with E-state index in [0.717, 1.165) is 6.42 Å². The summed E-state index contributed by atoms with van der Waals surface area (Å²) in [6.07, 6.45) is 2.78. The fraction of sp³-hybridized carbons (Fsp3) is 0.833. The van der Waals surface area contributed by atoms with Gasteiger partial charge in [0, 0.05) is 6.54 Å². The fourth-order valence-corrected chi connectivity index (χ4v) is 1.01. The summed E-state index contributed by atoms with van der Waals surface area (Å²) in [5.41, 5.74) is 0. The summed E-state index contributed by atoms with van der Waals surface area (Å²) in [7, 11) is -2.97. The molecule has 1 radical (unpaired) electrons. The van der Waals surface area contributed by atoms with Gasteiger partial charge in [-0.15, -0.1) is 0 Å². The monoisotopic (exact) mass is 164 g/mol. The van der Waals surface area contributed by atoms with E-state index in [9.17, 15) is 8.42 Å². The van der Waals surface area contributed by atoms with Crippen LogP contribution in [0.1, 0.15) is 20.3 Å². The third-order valence-electron chi connectivity index (χ3n) is 1.12. The van der Waals surface area contributed by atoms with Crippen LogP contribution in [0.15, 0.2) is 0 Å². The Kier molecular flexibility index (Phi) is 4.64. The Morgan fingerprint density at radius 2 is 2.00 bits per heavy atom. The molecule has 0 fully saturated rings. The van der Waals surface area contributed by atoms with Crippen LogP contribution in [0.5, 0.6) is 0 Å². The average Bonchev–Trinajstić information content (AvgIpc) is 1.89. The number of hydrogen-bond acceptors (Lipinski definition) is 2. The Morgan fingerprint density at radius 3 is 2.40 bits per heavy atom. The summed E-state index contributed by atoms with van der Waals surface area (Å²) in [5.74, 6) is 0.157. The molecule has 0 saturated heterocycles. The highest BCUT2D eigenvalue weighted by Crippen LogP contribution is 1.85. The summed E-state index contributed by atoms with van der Waals surface area (Å²) < 4.78 is 23.9. The topological polar surface area (TPSA) is 46.2 Å². The summed E-state index contributed by atoms with van der Waals surface area (Å²) in [6, 6.07) is 0. The van der Waals surface area contributed by atoms with Crippen LogP contribution < -0.4 is 4.72 Å². The molecule has 0 aromatic carbocycles. The molecule has 0 heterocycles. The molecule has 1 N–H and O–H groups in total. The molecule has 0 aromatic heterocycles. The van der Waals surface area contributed by atoms with E-state index in [4.69, 9.17) is 0 Å². The lowest BCUT2D eigenvalue weighted by molar-refractivity contribution is 0.585. The maximum absolute atomic E-state index is 10.7. The van der Waals surface area contributed by atoms with Crippen molar-refractivity contribution in [2.45, 2.75) is 20.3 Å². The van der Waals surface area contributed by atoms with Gasteiger partial charge in [0.25, 0.3) is 0 Å². The van der Waals surface area contributed by atoms with E-state index < -0.39 is 10.0 Å². The van der Waals surface area contributed by atoms with Crippen LogP contribution >= 0.6 is 0 Å². The van der Waals surface area contributed by atoms with Gasteiger partial charge in [-0.1, -0.05) is 13.3 Å². The first kappa shape index (κ1) is 9.91. The predicted molar refractivity (Wildman–Crippen MR) is 42.1 cm³/mol. The van der Waals surface area contributed by atoms with Crippen molar-refractivity contribution in [2.75, 3.05) is 12.3 Å². The molecule has 61 valence electrons. The van der Waals surface area contributed by atoms with Gasteiger partial charge in [0.05, 0.1) is 5.75 Å². The number of hydrogen-bond donors (Lipinski definition) is 1. The molecule has 0 bridgehead atoms. The van der Waals surface area contributed by atoms with Crippen LogP contribution in [0.4, 0.5) is 0 Å². The molecule has 0 spiro atoms. The highest BCUT2D eigenvalue weighted by molar-refractivity contribution is 7.89. The van der Waals surface area contributed by atoms with Gasteiger partial charge in [-0.25, -0.2) is 13.1 Å². The van der Waals surface area contributed by atoms with Crippen molar-refractivity contribution in [1.82, 2.24) is 4.72 Å². The van der Waals surface area contributed by atoms with Crippen molar-refractivity contribution in [2.24, 2.45) is 0 Å². The molecule has 0 aliphatic heterocycles. The van der Waals surface area contributed by atoms with Crippen molar-refractivity contribution < 1.29 is 8.42 Å². The minimum absolute atomic E-state index is 0.157. The molecule has 0 saturated carbocycles. The molecule has 0 unspecified atom stereocenters. The van der Waals surface area contributed by atoms with Gasteiger partial charge >= 0.3 is 0 Å². The molecular weight excluding hydrogens is 150 g/mol. The van der Waals surface area contributed by atoms with Crippen molar-refractivity contribution in [3.8, 4) is 0 Å². The zero-order valence-corrected chi connectivity index (χ0v) is 7.24. The quantitative estimate of drug-likeness (QED) is 0.603. The van der Waals surface area contributed by atoms with Gasteiger partial charge in [0.15, 0.2) is 0 Å². The van der Waals surface area contributed by atoms with E-state index in [2.05, 4.69) is 4.72 Å². The van der Waals surface area contributed by atoms with E-state index in [0.29, 0.717) is 6.54 Å². The van der Waals surface area contributed by atoms with E-state index in [-0.39, 0.29) is 5.75 Å². The lowest BCUT2D eigenvalue weighted by atomic mass is 10.3. The number of nitrogens with one attached hydrogen (secondary N) is 1. The Morgan fingerprint density at radius 1 is 1.40 bits per heavy atom. The first-order valence-corrected chi connectivity index (χ1v) is 5.06. The second-order valence-corrected chi connectivity index (χ2v) is 4.04. The minimum atomic E-state index is -2.97. The van der Waals surface area contributed by atoms with Crippen LogP contribution in [-0.4, -0.2) is 20.7 Å². The van der Waals surface area contributed by atoms with Crippen molar-refractivity contribution >= 4 is 10.0 Å². The van der Waals surface area contributed by atoms with E-state index in [1.807, 2.05) is 13.3 Å². The average molecular weight is 164 g/mol. The third kappa shape index (κ3) is 4.76. The lowest BCUT2D eigenvalue weighted by Gasteiger charge is -2.00. The second kappa shape index (κ2) is 4.68. The summed E-state index contributed by atoms with van der Waals surface area (Å²) >= 11 is 0. The molecule has 10 heavy (non-hydrogen) atoms. The van der Waals surface area contributed by atoms with E-state index in [1.54, 1.807) is 6.92 Å². The smallest absolute Gasteiger partial charge is 0.211 e. The fourth-order valence-electron chi connectivity index (χ4n) is 0.432. The van der Waals surface area contributed by atoms with Gasteiger partial charge < -0.3 is 0 Å². The molecule has 4 heteroatoms. The van der Waals surface area contributed by atoms with Crippen LogP contribution in [0.2, 0.25) is 0 Å². The van der Waals surface area contributed by atoms with Gasteiger partial charge in [-0.05, 0) is 13.3 Å². The van der Waals surface area contributed by atoms with Gasteiger partial charge in [-0.3, -0.25) is 0 Å². The maximum Gasteiger partial charge on any atom is 0.211 e. The van der Waals surface area contributed by atoms with Crippen LogP contribution in [-0.2, 0) is 10.0 Å². The third-order valence-corrected chi connectivity index (χ3v) is 2.48. The Hall–Kier alpha value is -0.0900. The molecule has 0 rings (SSSR count). The predicted octanol–water partition coefficient (Wildman–Crippen LogP) is 0.540. The van der Waals surface area contributed by atoms with Crippen molar-refractivity contribution in [3.05, 3.63) is 6.42 Å². The second-order valence-electron chi connectivity index (χ2n) is 1.95. The van der Waals surface area contributed by atoms with E-state index >= 15 is 0 Å². The zero-order valence-electron chi connectivity index (χ0n) is 6.42. The molecular formula is C6H14NO2S. The highest BCUT2D eigenvalue weighted by Gasteiger charge is 2.02. The van der Waals surface area contributed by atoms with Crippen LogP contribution in [0.3, 0.4) is 0 Å². The normalized spacial score (nSPS) is 11.8. The standard InChI is InChI=1S/C6H14NO2S/c1-3-5-6-7-10(8,9)4-2/h5,7H,3-4,6H2,1-2H3. The Bertz CT molecular complexity index is 163. The molecule has 0 aromatic rings. The number of sulfonamides is 1.